The third kappa shape index (κ3) is 7.42. The van der Waals surface area contributed by atoms with Gasteiger partial charge >= 0.3 is 0 Å². The van der Waals surface area contributed by atoms with Crippen molar-refractivity contribution in [2.24, 2.45) is 11.8 Å². The molecule has 0 N–H and O–H groups in total. The van der Waals surface area contributed by atoms with Gasteiger partial charge in [-0.2, -0.15) is 11.8 Å². The highest BCUT2D eigenvalue weighted by molar-refractivity contribution is 7.99. The van der Waals surface area contributed by atoms with E-state index in [2.05, 4.69) is 103 Å². The fourth-order valence-electron chi connectivity index (χ4n) is 5.10. The molecule has 1 aliphatic heterocycles. The smallest absolute Gasteiger partial charge is 0.00279 e. The van der Waals surface area contributed by atoms with Crippen LogP contribution < -0.4 is 0 Å². The average Bonchev–Trinajstić information content (AvgIpc) is 2.69. The molecule has 168 valence electrons. The Hall–Kier alpha value is -1.73. The maximum absolute atomic E-state index is 4.58. The van der Waals surface area contributed by atoms with E-state index in [1.807, 2.05) is 0 Å². The number of benzene rings is 1. The molecule has 31 heavy (non-hydrogen) atoms. The third-order valence-corrected chi connectivity index (χ3v) is 7.55. The van der Waals surface area contributed by atoms with E-state index in [1.165, 1.54) is 57.8 Å². The van der Waals surface area contributed by atoms with Crippen LogP contribution in [-0.4, -0.2) is 11.5 Å². The topological polar surface area (TPSA) is 0 Å². The average molecular weight is 435 g/mol. The molecule has 1 fully saturated rings. The maximum Gasteiger partial charge on any atom is 0.00279 e. The monoisotopic (exact) mass is 434 g/mol. The van der Waals surface area contributed by atoms with E-state index in [9.17, 15) is 0 Å². The van der Waals surface area contributed by atoms with Crippen molar-refractivity contribution in [3.05, 3.63) is 95.1 Å². The van der Waals surface area contributed by atoms with E-state index in [4.69, 9.17) is 0 Å². The van der Waals surface area contributed by atoms with E-state index < -0.39 is 0 Å². The summed E-state index contributed by atoms with van der Waals surface area (Å²) in [5.41, 5.74) is 9.35. The van der Waals surface area contributed by atoms with Crippen molar-refractivity contribution >= 4 is 11.8 Å². The Morgan fingerprint density at radius 2 is 1.84 bits per heavy atom. The van der Waals surface area contributed by atoms with Gasteiger partial charge in [0.05, 0.1) is 0 Å². The molecular formula is C30H42S. The fourth-order valence-corrected chi connectivity index (χ4v) is 6.24. The van der Waals surface area contributed by atoms with Crippen LogP contribution in [0.15, 0.2) is 78.5 Å². The normalized spacial score (nSPS) is 17.5. The molecule has 0 nitrogen and oxygen atoms in total. The molecule has 1 saturated heterocycles. The summed E-state index contributed by atoms with van der Waals surface area (Å²) in [5, 5.41) is 0. The summed E-state index contributed by atoms with van der Waals surface area (Å²) in [6.07, 6.45) is 11.1. The van der Waals surface area contributed by atoms with Crippen molar-refractivity contribution in [1.82, 2.24) is 0 Å². The summed E-state index contributed by atoms with van der Waals surface area (Å²) >= 11 is 2.09. The summed E-state index contributed by atoms with van der Waals surface area (Å²) in [7, 11) is 0. The van der Waals surface area contributed by atoms with Crippen LogP contribution in [0.25, 0.3) is 0 Å². The zero-order chi connectivity index (χ0) is 23.0. The van der Waals surface area contributed by atoms with Crippen LogP contribution in [0.2, 0.25) is 0 Å². The molecule has 0 amide bonds. The van der Waals surface area contributed by atoms with Gasteiger partial charge in [-0.05, 0) is 99.0 Å². The van der Waals surface area contributed by atoms with Gasteiger partial charge in [-0.15, -0.1) is 0 Å². The van der Waals surface area contributed by atoms with Crippen LogP contribution in [-0.2, 0) is 6.42 Å². The van der Waals surface area contributed by atoms with Crippen molar-refractivity contribution in [3.63, 3.8) is 0 Å². The minimum Gasteiger partial charge on any atom is -0.162 e. The van der Waals surface area contributed by atoms with Crippen molar-refractivity contribution in [3.8, 4) is 0 Å². The Labute approximate surface area is 196 Å². The summed E-state index contributed by atoms with van der Waals surface area (Å²) in [6, 6.07) is 6.80. The van der Waals surface area contributed by atoms with Gasteiger partial charge in [0.2, 0.25) is 0 Å². The Kier molecular flexibility index (Phi) is 10.2. The van der Waals surface area contributed by atoms with Gasteiger partial charge in [-0.3, -0.25) is 0 Å². The first-order valence-corrected chi connectivity index (χ1v) is 12.9. The molecular weight excluding hydrogens is 392 g/mol. The van der Waals surface area contributed by atoms with Gasteiger partial charge in [0.1, 0.15) is 0 Å². The van der Waals surface area contributed by atoms with Crippen LogP contribution in [0.5, 0.6) is 0 Å². The lowest BCUT2D eigenvalue weighted by Gasteiger charge is -2.33. The molecule has 0 bridgehead atoms. The highest BCUT2D eigenvalue weighted by Crippen LogP contribution is 2.40. The lowest BCUT2D eigenvalue weighted by Crippen LogP contribution is -2.23. The number of allylic oxidation sites excluding steroid dienone is 7. The second kappa shape index (κ2) is 12.3. The molecule has 2 rings (SSSR count). The summed E-state index contributed by atoms with van der Waals surface area (Å²) < 4.78 is 0. The van der Waals surface area contributed by atoms with E-state index in [1.54, 1.807) is 0 Å². The molecule has 1 aromatic carbocycles. The van der Waals surface area contributed by atoms with Gasteiger partial charge in [0.15, 0.2) is 0 Å². The third-order valence-electron chi connectivity index (χ3n) is 6.50. The first-order chi connectivity index (χ1) is 14.7. The van der Waals surface area contributed by atoms with Crippen molar-refractivity contribution in [2.45, 2.75) is 66.2 Å². The van der Waals surface area contributed by atoms with Gasteiger partial charge in [-0.25, -0.2) is 0 Å². The Balaban J connectivity index is 2.20. The van der Waals surface area contributed by atoms with Gasteiger partial charge in [0.25, 0.3) is 0 Å². The fraction of sp³-hybridized carbons (Fsp3) is 0.467. The van der Waals surface area contributed by atoms with Crippen LogP contribution in [0, 0.1) is 18.8 Å². The molecule has 0 radical (unpaired) electrons. The standard InChI is InChI=1S/C30H42S/c1-9-11-26(18-21(2)3)20-28-12-10-13-29(25(28)8)23(6)19-24(7)30(22(4)5)27-14-16-31-17-15-27/h9-13,18,23,27,30H,2,4,7,14-17,19-20H2,1,3,5-6,8H3/b11-9-,26-18+. The summed E-state index contributed by atoms with van der Waals surface area (Å²) in [5.74, 6) is 4.21. The largest absolute Gasteiger partial charge is 0.162 e. The molecule has 0 aromatic heterocycles. The maximum atomic E-state index is 4.58. The van der Waals surface area contributed by atoms with Crippen LogP contribution in [0.1, 0.15) is 69.6 Å². The van der Waals surface area contributed by atoms with Crippen molar-refractivity contribution in [2.75, 3.05) is 11.5 Å². The first-order valence-electron chi connectivity index (χ1n) is 11.7. The van der Waals surface area contributed by atoms with Crippen LogP contribution in [0.4, 0.5) is 0 Å². The molecule has 1 heterocycles. The Morgan fingerprint density at radius 3 is 2.42 bits per heavy atom. The molecule has 1 aromatic rings. The zero-order valence-electron chi connectivity index (χ0n) is 20.5. The predicted octanol–water partition coefficient (Wildman–Crippen LogP) is 9.00. The summed E-state index contributed by atoms with van der Waals surface area (Å²) in [4.78, 5) is 0. The summed E-state index contributed by atoms with van der Waals surface area (Å²) in [6.45, 7) is 24.0. The highest BCUT2D eigenvalue weighted by Gasteiger charge is 2.27. The Morgan fingerprint density at radius 1 is 1.16 bits per heavy atom. The second-order valence-electron chi connectivity index (χ2n) is 9.41. The van der Waals surface area contributed by atoms with Crippen LogP contribution >= 0.6 is 11.8 Å². The molecule has 2 atom stereocenters. The minimum atomic E-state index is 0.461. The van der Waals surface area contributed by atoms with E-state index in [0.717, 1.165) is 24.3 Å². The number of thioether (sulfide) groups is 1. The van der Waals surface area contributed by atoms with E-state index >= 15 is 0 Å². The lowest BCUT2D eigenvalue weighted by molar-refractivity contribution is 0.385. The zero-order valence-corrected chi connectivity index (χ0v) is 21.3. The number of hydrogen-bond donors (Lipinski definition) is 0. The first kappa shape index (κ1) is 25.5. The van der Waals surface area contributed by atoms with Crippen molar-refractivity contribution < 1.29 is 0 Å². The molecule has 0 aliphatic carbocycles. The van der Waals surface area contributed by atoms with Crippen molar-refractivity contribution in [1.29, 1.82) is 0 Å². The molecule has 2 unspecified atom stereocenters. The minimum absolute atomic E-state index is 0.461. The second-order valence-corrected chi connectivity index (χ2v) is 10.6. The highest BCUT2D eigenvalue weighted by atomic mass is 32.2. The van der Waals surface area contributed by atoms with E-state index in [-0.39, 0.29) is 0 Å². The molecule has 1 heteroatoms. The quantitative estimate of drug-likeness (QED) is 0.261. The van der Waals surface area contributed by atoms with Crippen LogP contribution in [0.3, 0.4) is 0 Å². The van der Waals surface area contributed by atoms with Gasteiger partial charge < -0.3 is 0 Å². The molecule has 1 aliphatic rings. The van der Waals surface area contributed by atoms with Gasteiger partial charge in [0, 0.05) is 5.92 Å². The van der Waals surface area contributed by atoms with Gasteiger partial charge in [-0.1, -0.05) is 79.8 Å². The number of hydrogen-bond acceptors (Lipinski definition) is 1. The molecule has 0 saturated carbocycles. The SMILES string of the molecule is C=C(C)/C=C(\C=C/C)Cc1cccc(C(C)CC(=C)C(C(=C)C)C2CCSCC2)c1C. The Bertz CT molecular complexity index is 845. The molecule has 0 spiro atoms. The lowest BCUT2D eigenvalue weighted by atomic mass is 9.75. The predicted molar refractivity (Wildman–Crippen MR) is 143 cm³/mol. The number of rotatable bonds is 10. The van der Waals surface area contributed by atoms with E-state index in [0.29, 0.717) is 11.8 Å².